The van der Waals surface area contributed by atoms with Gasteiger partial charge in [0.15, 0.2) is 10.9 Å². The molecule has 0 fully saturated rings. The smallest absolute Gasteiger partial charge is 0.320 e. The van der Waals surface area contributed by atoms with E-state index in [0.29, 0.717) is 11.4 Å². The van der Waals surface area contributed by atoms with Crippen molar-refractivity contribution in [3.63, 3.8) is 0 Å². The summed E-state index contributed by atoms with van der Waals surface area (Å²) in [6.07, 6.45) is 0. The molecule has 0 saturated carbocycles. The molecular formula is C16H24CoN2O6P2. The van der Waals surface area contributed by atoms with Crippen LogP contribution in [-0.4, -0.2) is 33.0 Å². The monoisotopic (exact) mass is 461 g/mol. The number of hydrogen-bond acceptors (Lipinski definition) is 6. The molecule has 11 heteroatoms. The Balaban J connectivity index is 0.000000483. The molecule has 0 aliphatic rings. The molecular weight excluding hydrogens is 437 g/mol. The average molecular weight is 461 g/mol. The number of rotatable bonds is 6. The van der Waals surface area contributed by atoms with Gasteiger partial charge in [-0.2, -0.15) is 0 Å². The summed E-state index contributed by atoms with van der Waals surface area (Å²) in [6, 6.07) is 9.86. The van der Waals surface area contributed by atoms with Gasteiger partial charge in [-0.05, 0) is 52.0 Å². The Bertz CT molecular complexity index is 754. The molecule has 27 heavy (non-hydrogen) atoms. The van der Waals surface area contributed by atoms with Gasteiger partial charge in [-0.25, -0.2) is 9.97 Å². The predicted molar refractivity (Wildman–Crippen MR) is 100 cm³/mol. The SMILES string of the molecule is CCOP(=O)(O)c1cccc(C)n1.CCOP(=O)(O)c1cccc(C)n1.[Co]. The molecule has 0 bridgehead atoms. The Morgan fingerprint density at radius 1 is 0.815 bits per heavy atom. The van der Waals surface area contributed by atoms with E-state index in [1.807, 2.05) is 0 Å². The normalized spacial score (nSPS) is 14.7. The minimum Gasteiger partial charge on any atom is -0.320 e. The summed E-state index contributed by atoms with van der Waals surface area (Å²) < 4.78 is 32.3. The third-order valence-electron chi connectivity index (χ3n) is 2.93. The van der Waals surface area contributed by atoms with Gasteiger partial charge in [0.25, 0.3) is 0 Å². The van der Waals surface area contributed by atoms with Gasteiger partial charge in [0.1, 0.15) is 0 Å². The van der Waals surface area contributed by atoms with Crippen molar-refractivity contribution in [2.45, 2.75) is 27.7 Å². The maximum absolute atomic E-state index is 11.4. The van der Waals surface area contributed by atoms with E-state index in [1.165, 1.54) is 12.1 Å². The number of hydrogen-bond donors (Lipinski definition) is 2. The van der Waals surface area contributed by atoms with Crippen LogP contribution < -0.4 is 10.9 Å². The molecule has 153 valence electrons. The Kier molecular flexibility index (Phi) is 11.4. The van der Waals surface area contributed by atoms with Gasteiger partial charge in [-0.1, -0.05) is 12.1 Å². The largest absolute Gasteiger partial charge is 0.376 e. The Hall–Kier alpha value is -0.894. The van der Waals surface area contributed by atoms with Crippen LogP contribution in [0.4, 0.5) is 0 Å². The van der Waals surface area contributed by atoms with E-state index in [1.54, 1.807) is 52.0 Å². The van der Waals surface area contributed by atoms with Crippen LogP contribution in [0.2, 0.25) is 0 Å². The van der Waals surface area contributed by atoms with E-state index in [2.05, 4.69) is 9.97 Å². The van der Waals surface area contributed by atoms with Gasteiger partial charge < -0.3 is 18.8 Å². The molecule has 0 aliphatic heterocycles. The molecule has 0 spiro atoms. The van der Waals surface area contributed by atoms with E-state index >= 15 is 0 Å². The molecule has 0 aliphatic carbocycles. The quantitative estimate of drug-likeness (QED) is 0.630. The first-order valence-corrected chi connectivity index (χ1v) is 11.1. The fourth-order valence-electron chi connectivity index (χ4n) is 1.85. The maximum atomic E-state index is 11.4. The van der Waals surface area contributed by atoms with Crippen molar-refractivity contribution in [3.05, 3.63) is 47.8 Å². The van der Waals surface area contributed by atoms with Gasteiger partial charge >= 0.3 is 15.2 Å². The van der Waals surface area contributed by atoms with E-state index in [-0.39, 0.29) is 40.9 Å². The Morgan fingerprint density at radius 2 is 1.15 bits per heavy atom. The number of aromatic nitrogens is 2. The zero-order valence-corrected chi connectivity index (χ0v) is 18.4. The van der Waals surface area contributed by atoms with Crippen molar-refractivity contribution >= 4 is 26.1 Å². The molecule has 0 aromatic carbocycles. The summed E-state index contributed by atoms with van der Waals surface area (Å²) in [6.45, 7) is 7.25. The number of pyridine rings is 2. The Morgan fingerprint density at radius 3 is 1.41 bits per heavy atom. The molecule has 8 nitrogen and oxygen atoms in total. The Labute approximate surface area is 169 Å². The average Bonchev–Trinajstić information content (AvgIpc) is 2.55. The minimum absolute atomic E-state index is 0. The molecule has 1 radical (unpaired) electrons. The predicted octanol–water partition coefficient (Wildman–Crippen LogP) is 2.47. The molecule has 2 aromatic rings. The van der Waals surface area contributed by atoms with Gasteiger partial charge in [0.05, 0.1) is 13.2 Å². The third-order valence-corrected chi connectivity index (χ3v) is 5.81. The zero-order chi connectivity index (χ0) is 19.8. The van der Waals surface area contributed by atoms with E-state index in [9.17, 15) is 18.9 Å². The van der Waals surface area contributed by atoms with Gasteiger partial charge in [-0.3, -0.25) is 9.13 Å². The number of aryl methyl sites for hydroxylation is 2. The van der Waals surface area contributed by atoms with Crippen LogP contribution in [0.25, 0.3) is 0 Å². The first-order chi connectivity index (χ1) is 12.1. The van der Waals surface area contributed by atoms with Crippen molar-refractivity contribution in [3.8, 4) is 0 Å². The van der Waals surface area contributed by atoms with Gasteiger partial charge in [-0.15, -0.1) is 0 Å². The molecule has 2 unspecified atom stereocenters. The standard InChI is InChI=1S/2C8H12NO3P.Co/c2*1-3-12-13(10,11)8-6-4-5-7(2)9-8;/h2*4-6H,3H2,1-2H3,(H,10,11);. The first-order valence-electron chi connectivity index (χ1n) is 7.95. The van der Waals surface area contributed by atoms with E-state index in [4.69, 9.17) is 9.05 Å². The molecule has 2 atom stereocenters. The zero-order valence-electron chi connectivity index (χ0n) is 15.5. The van der Waals surface area contributed by atoms with Gasteiger partial charge in [0, 0.05) is 28.2 Å². The summed E-state index contributed by atoms with van der Waals surface area (Å²) in [5.74, 6) is 0. The summed E-state index contributed by atoms with van der Waals surface area (Å²) in [7, 11) is -7.37. The molecule has 2 N–H and O–H groups in total. The van der Waals surface area contributed by atoms with Crippen LogP contribution in [-0.2, 0) is 35.0 Å². The molecule has 2 rings (SSSR count). The summed E-state index contributed by atoms with van der Waals surface area (Å²) in [5.41, 5.74) is 1.61. The second kappa shape index (κ2) is 11.8. The van der Waals surface area contributed by atoms with Crippen molar-refractivity contribution in [2.75, 3.05) is 13.2 Å². The van der Waals surface area contributed by atoms with E-state index < -0.39 is 15.2 Å². The summed E-state index contributed by atoms with van der Waals surface area (Å²) in [5, 5.41) is 0. The van der Waals surface area contributed by atoms with Crippen LogP contribution in [0.5, 0.6) is 0 Å². The second-order valence-corrected chi connectivity index (χ2v) is 8.67. The van der Waals surface area contributed by atoms with Crippen molar-refractivity contribution in [1.29, 1.82) is 0 Å². The van der Waals surface area contributed by atoms with Crippen LogP contribution in [0.1, 0.15) is 25.2 Å². The molecule has 0 saturated heterocycles. The third kappa shape index (κ3) is 8.77. The first kappa shape index (κ1) is 26.1. The molecule has 0 amide bonds. The molecule has 2 heterocycles. The fourth-order valence-corrected chi connectivity index (χ4v) is 3.94. The van der Waals surface area contributed by atoms with Crippen molar-refractivity contribution in [2.24, 2.45) is 0 Å². The minimum atomic E-state index is -3.68. The van der Waals surface area contributed by atoms with Crippen LogP contribution >= 0.6 is 15.2 Å². The summed E-state index contributed by atoms with van der Waals surface area (Å²) >= 11 is 0. The molecule has 2 aromatic heterocycles. The summed E-state index contributed by atoms with van der Waals surface area (Å²) in [4.78, 5) is 26.6. The van der Waals surface area contributed by atoms with Crippen LogP contribution in [0, 0.1) is 13.8 Å². The van der Waals surface area contributed by atoms with Gasteiger partial charge in [0.2, 0.25) is 0 Å². The van der Waals surface area contributed by atoms with Crippen molar-refractivity contribution in [1.82, 2.24) is 9.97 Å². The maximum Gasteiger partial charge on any atom is 0.376 e. The van der Waals surface area contributed by atoms with Crippen LogP contribution in [0.3, 0.4) is 0 Å². The number of nitrogens with zero attached hydrogens (tertiary/aromatic N) is 2. The van der Waals surface area contributed by atoms with E-state index in [0.717, 1.165) is 0 Å². The topological polar surface area (TPSA) is 119 Å². The second-order valence-electron chi connectivity index (χ2n) is 5.15. The van der Waals surface area contributed by atoms with Crippen molar-refractivity contribution < 1.29 is 44.7 Å². The van der Waals surface area contributed by atoms with Crippen LogP contribution in [0.15, 0.2) is 36.4 Å². The fraction of sp³-hybridized carbons (Fsp3) is 0.375.